The zero-order valence-electron chi connectivity index (χ0n) is 10.4. The van der Waals surface area contributed by atoms with Crippen molar-refractivity contribution in [1.82, 2.24) is 18.3 Å². The minimum absolute atomic E-state index is 0.0571. The van der Waals surface area contributed by atoms with Crippen LogP contribution in [0.25, 0.3) is 11.0 Å². The van der Waals surface area contributed by atoms with Crippen molar-refractivity contribution in [3.05, 3.63) is 36.0 Å². The minimum atomic E-state index is -0.540. The SMILES string of the molecule is Cn1c(=O)c2c(c(=O)n(C)c(=S)n2C)n(C)c1=O. The van der Waals surface area contributed by atoms with E-state index in [0.29, 0.717) is 0 Å². The number of hydrogen-bond donors (Lipinski definition) is 0. The van der Waals surface area contributed by atoms with Crippen LogP contribution in [0.2, 0.25) is 0 Å². The highest BCUT2D eigenvalue weighted by atomic mass is 32.1. The van der Waals surface area contributed by atoms with E-state index < -0.39 is 16.8 Å². The highest BCUT2D eigenvalue weighted by molar-refractivity contribution is 7.71. The van der Waals surface area contributed by atoms with E-state index in [1.54, 1.807) is 7.05 Å². The van der Waals surface area contributed by atoms with Gasteiger partial charge in [-0.15, -0.1) is 0 Å². The first-order valence-corrected chi connectivity index (χ1v) is 5.55. The highest BCUT2D eigenvalue weighted by Crippen LogP contribution is 2.01. The molecule has 8 heteroatoms. The zero-order valence-corrected chi connectivity index (χ0v) is 11.2. The molecule has 0 radical (unpaired) electrons. The second-order valence-corrected chi connectivity index (χ2v) is 4.47. The second-order valence-electron chi connectivity index (χ2n) is 4.11. The topological polar surface area (TPSA) is 70.9 Å². The Kier molecular flexibility index (Phi) is 2.62. The van der Waals surface area contributed by atoms with Crippen LogP contribution in [0.3, 0.4) is 0 Å². The maximum Gasteiger partial charge on any atom is 0.331 e. The molecule has 0 saturated heterocycles. The van der Waals surface area contributed by atoms with Crippen LogP contribution >= 0.6 is 12.2 Å². The standard InChI is InChI=1S/C10H12N4O3S/c1-11-5-6(7(15)13(3)9(11)17)12(2)10(18)14(4)8(5)16/h1-4H3. The van der Waals surface area contributed by atoms with Gasteiger partial charge < -0.3 is 4.57 Å². The van der Waals surface area contributed by atoms with E-state index in [1.165, 1.54) is 30.3 Å². The molecule has 0 aliphatic carbocycles. The summed E-state index contributed by atoms with van der Waals surface area (Å²) in [5.74, 6) is 0. The number of aromatic nitrogens is 4. The first-order chi connectivity index (χ1) is 8.29. The van der Waals surface area contributed by atoms with E-state index in [9.17, 15) is 14.4 Å². The third kappa shape index (κ3) is 1.35. The van der Waals surface area contributed by atoms with Crippen LogP contribution in [0.15, 0.2) is 14.4 Å². The number of nitrogens with zero attached hydrogens (tertiary/aromatic N) is 4. The van der Waals surface area contributed by atoms with Crippen LogP contribution in [-0.4, -0.2) is 18.3 Å². The van der Waals surface area contributed by atoms with Gasteiger partial charge in [0.05, 0.1) is 0 Å². The highest BCUT2D eigenvalue weighted by Gasteiger charge is 2.15. The summed E-state index contributed by atoms with van der Waals surface area (Å²) < 4.78 is 5.01. The molecule has 0 fully saturated rings. The number of hydrogen-bond acceptors (Lipinski definition) is 4. The van der Waals surface area contributed by atoms with Gasteiger partial charge in [0.2, 0.25) is 0 Å². The van der Waals surface area contributed by atoms with E-state index in [-0.39, 0.29) is 15.8 Å². The number of fused-ring (bicyclic) bond motifs is 1. The lowest BCUT2D eigenvalue weighted by Crippen LogP contribution is -2.41. The summed E-state index contributed by atoms with van der Waals surface area (Å²) in [7, 11) is 5.92. The molecule has 96 valence electrons. The third-order valence-corrected chi connectivity index (χ3v) is 3.60. The van der Waals surface area contributed by atoms with Gasteiger partial charge in [-0.05, 0) is 12.2 Å². The van der Waals surface area contributed by atoms with Crippen LogP contribution in [0.1, 0.15) is 0 Å². The van der Waals surface area contributed by atoms with Gasteiger partial charge in [-0.3, -0.25) is 23.3 Å². The van der Waals surface area contributed by atoms with E-state index in [2.05, 4.69) is 0 Å². The fourth-order valence-electron chi connectivity index (χ4n) is 1.94. The monoisotopic (exact) mass is 268 g/mol. The van der Waals surface area contributed by atoms with Crippen LogP contribution < -0.4 is 16.8 Å². The molecule has 0 aliphatic heterocycles. The lowest BCUT2D eigenvalue weighted by atomic mass is 10.4. The van der Waals surface area contributed by atoms with Gasteiger partial charge in [-0.2, -0.15) is 0 Å². The molecule has 0 unspecified atom stereocenters. The average Bonchev–Trinajstić information content (AvgIpc) is 2.35. The van der Waals surface area contributed by atoms with Gasteiger partial charge >= 0.3 is 5.69 Å². The van der Waals surface area contributed by atoms with E-state index in [0.717, 1.165) is 9.13 Å². The predicted octanol–water partition coefficient (Wildman–Crippen LogP) is -0.996. The Morgan fingerprint density at radius 2 is 1.17 bits per heavy atom. The molecular formula is C10H12N4O3S. The largest absolute Gasteiger partial charge is 0.331 e. The van der Waals surface area contributed by atoms with E-state index >= 15 is 0 Å². The third-order valence-electron chi connectivity index (χ3n) is 3.06. The van der Waals surface area contributed by atoms with Crippen molar-refractivity contribution in [3.8, 4) is 0 Å². The van der Waals surface area contributed by atoms with Gasteiger partial charge in [0.1, 0.15) is 11.0 Å². The predicted molar refractivity (Wildman–Crippen MR) is 69.5 cm³/mol. The average molecular weight is 268 g/mol. The Morgan fingerprint density at radius 1 is 0.722 bits per heavy atom. The molecule has 0 N–H and O–H groups in total. The van der Waals surface area contributed by atoms with Gasteiger partial charge in [0, 0.05) is 28.2 Å². The Balaban J connectivity index is 3.46. The Hall–Kier alpha value is -1.96. The minimum Gasteiger partial charge on any atom is -0.315 e. The van der Waals surface area contributed by atoms with Crippen molar-refractivity contribution >= 4 is 23.3 Å². The molecule has 0 atom stereocenters. The normalized spacial score (nSPS) is 11.1. The van der Waals surface area contributed by atoms with Crippen LogP contribution in [-0.2, 0) is 28.2 Å². The maximum absolute atomic E-state index is 12.1. The van der Waals surface area contributed by atoms with Crippen molar-refractivity contribution in [2.45, 2.75) is 0 Å². The summed E-state index contributed by atoms with van der Waals surface area (Å²) in [6, 6.07) is 0. The van der Waals surface area contributed by atoms with Crippen molar-refractivity contribution in [1.29, 1.82) is 0 Å². The van der Waals surface area contributed by atoms with E-state index in [4.69, 9.17) is 12.2 Å². The van der Waals surface area contributed by atoms with Crippen molar-refractivity contribution < 1.29 is 0 Å². The van der Waals surface area contributed by atoms with Crippen LogP contribution in [0.4, 0.5) is 0 Å². The van der Waals surface area contributed by atoms with Crippen molar-refractivity contribution in [2.24, 2.45) is 28.2 Å². The molecule has 0 amide bonds. The Labute approximate surface area is 106 Å². The molecule has 0 saturated carbocycles. The molecular weight excluding hydrogens is 256 g/mol. The second kappa shape index (κ2) is 3.77. The molecule has 18 heavy (non-hydrogen) atoms. The fourth-order valence-corrected chi connectivity index (χ4v) is 2.11. The maximum atomic E-state index is 12.1. The zero-order chi connectivity index (χ0) is 13.8. The summed E-state index contributed by atoms with van der Waals surface area (Å²) in [5.41, 5.74) is -1.33. The summed E-state index contributed by atoms with van der Waals surface area (Å²) in [5, 5.41) is 0. The smallest absolute Gasteiger partial charge is 0.315 e. The number of rotatable bonds is 0. The van der Waals surface area contributed by atoms with Gasteiger partial charge in [0.15, 0.2) is 4.77 Å². The fraction of sp³-hybridized carbons (Fsp3) is 0.400. The van der Waals surface area contributed by atoms with Crippen LogP contribution in [0.5, 0.6) is 0 Å². The quantitative estimate of drug-likeness (QED) is 0.575. The van der Waals surface area contributed by atoms with Crippen LogP contribution in [0, 0.1) is 4.77 Å². The molecule has 0 spiro atoms. The molecule has 0 aliphatic rings. The van der Waals surface area contributed by atoms with E-state index in [1.807, 2.05) is 0 Å². The first kappa shape index (κ1) is 12.5. The Bertz CT molecular complexity index is 822. The molecule has 2 rings (SSSR count). The number of aryl methyl sites for hydroxylation is 2. The lowest BCUT2D eigenvalue weighted by Gasteiger charge is -2.12. The molecule has 2 aromatic rings. The summed E-state index contributed by atoms with van der Waals surface area (Å²) in [4.78, 5) is 36.0. The molecule has 0 bridgehead atoms. The van der Waals surface area contributed by atoms with Gasteiger partial charge in [-0.25, -0.2) is 4.79 Å². The van der Waals surface area contributed by atoms with Gasteiger partial charge in [-0.1, -0.05) is 0 Å². The van der Waals surface area contributed by atoms with Crippen molar-refractivity contribution in [3.63, 3.8) is 0 Å². The summed E-state index contributed by atoms with van der Waals surface area (Å²) in [6.07, 6.45) is 0. The first-order valence-electron chi connectivity index (χ1n) is 5.14. The summed E-state index contributed by atoms with van der Waals surface area (Å²) >= 11 is 5.08. The molecule has 2 heterocycles. The van der Waals surface area contributed by atoms with Gasteiger partial charge in [0.25, 0.3) is 11.1 Å². The molecule has 2 aromatic heterocycles. The van der Waals surface area contributed by atoms with Crippen molar-refractivity contribution in [2.75, 3.05) is 0 Å². The Morgan fingerprint density at radius 3 is 1.72 bits per heavy atom. The molecule has 7 nitrogen and oxygen atoms in total. The summed E-state index contributed by atoms with van der Waals surface area (Å²) in [6.45, 7) is 0. The molecule has 0 aromatic carbocycles. The lowest BCUT2D eigenvalue weighted by molar-refractivity contribution is 0.673.